The van der Waals surface area contributed by atoms with Crippen molar-refractivity contribution in [3.63, 3.8) is 0 Å². The average Bonchev–Trinajstić information content (AvgIpc) is 2.91. The van der Waals surface area contributed by atoms with Gasteiger partial charge in [-0.25, -0.2) is 8.42 Å². The second kappa shape index (κ2) is 13.7. The third-order valence-electron chi connectivity index (χ3n) is 6.81. The van der Waals surface area contributed by atoms with Gasteiger partial charge in [0, 0.05) is 22.1 Å². The van der Waals surface area contributed by atoms with Crippen molar-refractivity contribution in [3.8, 4) is 0 Å². The number of amides is 2. The van der Waals surface area contributed by atoms with Crippen LogP contribution in [-0.2, 0) is 26.2 Å². The predicted octanol–water partition coefficient (Wildman–Crippen LogP) is 6.25. The fraction of sp³-hybridized carbons (Fsp3) is 0.333. The lowest BCUT2D eigenvalue weighted by Crippen LogP contribution is -2.52. The van der Waals surface area contributed by atoms with E-state index in [2.05, 4.69) is 21.2 Å². The molecule has 0 aliphatic heterocycles. The van der Waals surface area contributed by atoms with Gasteiger partial charge >= 0.3 is 0 Å². The summed E-state index contributed by atoms with van der Waals surface area (Å²) in [6.07, 6.45) is 0.731. The molecule has 0 unspecified atom stereocenters. The van der Waals surface area contributed by atoms with Crippen LogP contribution in [0.4, 0.5) is 5.69 Å². The number of anilines is 1. The Morgan fingerprint density at radius 3 is 2.27 bits per heavy atom. The summed E-state index contributed by atoms with van der Waals surface area (Å²) in [4.78, 5) is 28.7. The van der Waals surface area contributed by atoms with Gasteiger partial charge in [-0.3, -0.25) is 13.9 Å². The molecule has 7 nitrogen and oxygen atoms in total. The molecule has 3 rings (SSSR count). The molecule has 40 heavy (non-hydrogen) atoms. The highest BCUT2D eigenvalue weighted by Crippen LogP contribution is 2.31. The topological polar surface area (TPSA) is 86.8 Å². The highest BCUT2D eigenvalue weighted by molar-refractivity contribution is 9.10. The number of aryl methyl sites for hydroxylation is 1. The Balaban J connectivity index is 2.07. The summed E-state index contributed by atoms with van der Waals surface area (Å²) in [6.45, 7) is 8.67. The first-order valence-corrected chi connectivity index (χ1v) is 15.6. The van der Waals surface area contributed by atoms with E-state index in [1.807, 2.05) is 45.0 Å². The Morgan fingerprint density at radius 2 is 1.65 bits per heavy atom. The van der Waals surface area contributed by atoms with E-state index in [4.69, 9.17) is 11.6 Å². The highest BCUT2D eigenvalue weighted by Gasteiger charge is 2.33. The molecule has 0 radical (unpaired) electrons. The number of carbonyl (C=O) groups is 2. The summed E-state index contributed by atoms with van der Waals surface area (Å²) >= 11 is 9.83. The minimum Gasteiger partial charge on any atom is -0.352 e. The van der Waals surface area contributed by atoms with Gasteiger partial charge in [0.05, 0.1) is 10.6 Å². The Kier molecular flexibility index (Phi) is 10.8. The van der Waals surface area contributed by atoms with Crippen molar-refractivity contribution in [1.82, 2.24) is 10.2 Å². The van der Waals surface area contributed by atoms with Gasteiger partial charge in [0.2, 0.25) is 11.8 Å². The summed E-state index contributed by atoms with van der Waals surface area (Å²) in [5.74, 6) is -0.841. The lowest BCUT2D eigenvalue weighted by molar-refractivity contribution is -0.139. The normalized spacial score (nSPS) is 12.9. The molecule has 2 amide bonds. The van der Waals surface area contributed by atoms with Gasteiger partial charge in [-0.15, -0.1) is 0 Å². The number of sulfonamides is 1. The first kappa shape index (κ1) is 31.6. The number of nitrogens with zero attached hydrogens (tertiary/aromatic N) is 2. The fourth-order valence-corrected chi connectivity index (χ4v) is 6.19. The van der Waals surface area contributed by atoms with E-state index < -0.39 is 28.5 Å². The maximum atomic E-state index is 14.0. The maximum Gasteiger partial charge on any atom is 0.264 e. The third-order valence-corrected chi connectivity index (χ3v) is 9.48. The zero-order valence-corrected chi connectivity index (χ0v) is 26.5. The molecule has 1 N–H and O–H groups in total. The van der Waals surface area contributed by atoms with Gasteiger partial charge in [-0.2, -0.15) is 0 Å². The van der Waals surface area contributed by atoms with Crippen molar-refractivity contribution < 1.29 is 18.0 Å². The van der Waals surface area contributed by atoms with E-state index in [1.165, 1.54) is 17.0 Å². The number of rotatable bonds is 11. The Labute approximate surface area is 250 Å². The molecule has 10 heteroatoms. The van der Waals surface area contributed by atoms with Crippen LogP contribution >= 0.6 is 27.5 Å². The Bertz CT molecular complexity index is 1460. The highest BCUT2D eigenvalue weighted by atomic mass is 79.9. The lowest BCUT2D eigenvalue weighted by Gasteiger charge is -2.33. The van der Waals surface area contributed by atoms with Crippen LogP contribution < -0.4 is 9.62 Å². The first-order valence-electron chi connectivity index (χ1n) is 13.0. The second-order valence-electron chi connectivity index (χ2n) is 9.85. The van der Waals surface area contributed by atoms with Crippen molar-refractivity contribution in [1.29, 1.82) is 0 Å². The van der Waals surface area contributed by atoms with E-state index >= 15 is 0 Å². The van der Waals surface area contributed by atoms with Crippen LogP contribution in [0.2, 0.25) is 5.02 Å². The number of halogens is 2. The fourth-order valence-electron chi connectivity index (χ4n) is 4.10. The van der Waals surface area contributed by atoms with Crippen molar-refractivity contribution in [2.24, 2.45) is 0 Å². The van der Waals surface area contributed by atoms with Crippen molar-refractivity contribution in [2.75, 3.05) is 10.8 Å². The molecule has 0 saturated carbocycles. The van der Waals surface area contributed by atoms with Gasteiger partial charge in [0.1, 0.15) is 12.6 Å². The lowest BCUT2D eigenvalue weighted by atomic mass is 10.1. The van der Waals surface area contributed by atoms with Crippen LogP contribution in [0.3, 0.4) is 0 Å². The number of carbonyl (C=O) groups excluding carboxylic acids is 2. The maximum absolute atomic E-state index is 14.0. The minimum atomic E-state index is -4.17. The molecule has 0 aromatic heterocycles. The average molecular weight is 649 g/mol. The molecular formula is C30H35BrClN3O4S. The van der Waals surface area contributed by atoms with Gasteiger partial charge in [-0.05, 0) is 81.6 Å². The molecule has 0 aliphatic carbocycles. The van der Waals surface area contributed by atoms with Crippen molar-refractivity contribution >= 4 is 55.1 Å². The molecule has 0 spiro atoms. The summed E-state index contributed by atoms with van der Waals surface area (Å²) in [7, 11) is -4.17. The first-order chi connectivity index (χ1) is 18.8. The number of hydrogen-bond acceptors (Lipinski definition) is 4. The molecule has 3 aromatic carbocycles. The van der Waals surface area contributed by atoms with Crippen molar-refractivity contribution in [3.05, 3.63) is 92.9 Å². The molecule has 0 saturated heterocycles. The quantitative estimate of drug-likeness (QED) is 0.267. The summed E-state index contributed by atoms with van der Waals surface area (Å²) in [5, 5.41) is 3.31. The van der Waals surface area contributed by atoms with E-state index in [0.29, 0.717) is 16.3 Å². The molecule has 0 heterocycles. The van der Waals surface area contributed by atoms with Crippen LogP contribution in [0, 0.1) is 13.8 Å². The number of hydrogen-bond donors (Lipinski definition) is 1. The minimum absolute atomic E-state index is 0.0476. The van der Waals surface area contributed by atoms with Crippen LogP contribution in [0.1, 0.15) is 43.9 Å². The smallest absolute Gasteiger partial charge is 0.264 e. The Hall–Kier alpha value is -2.88. The molecule has 0 aliphatic rings. The van der Waals surface area contributed by atoms with Gasteiger partial charge < -0.3 is 10.2 Å². The van der Waals surface area contributed by atoms with Crippen LogP contribution in [0.25, 0.3) is 0 Å². The van der Waals surface area contributed by atoms with E-state index in [9.17, 15) is 18.0 Å². The van der Waals surface area contributed by atoms with Crippen LogP contribution in [-0.4, -0.2) is 43.8 Å². The van der Waals surface area contributed by atoms with Crippen LogP contribution in [0.15, 0.2) is 76.1 Å². The van der Waals surface area contributed by atoms with E-state index in [1.54, 1.807) is 44.2 Å². The number of benzene rings is 3. The largest absolute Gasteiger partial charge is 0.352 e. The summed E-state index contributed by atoms with van der Waals surface area (Å²) < 4.78 is 29.9. The molecule has 2 atom stereocenters. The van der Waals surface area contributed by atoms with Crippen LogP contribution in [0.5, 0.6) is 0 Å². The van der Waals surface area contributed by atoms with Crippen molar-refractivity contribution in [2.45, 2.75) is 64.6 Å². The van der Waals surface area contributed by atoms with Gasteiger partial charge in [0.25, 0.3) is 10.0 Å². The standard InChI is InChI=1S/C30H35BrClN3O4S/c1-6-21(3)33-30(37)23(5)34(18-24-9-7-10-25(31)17-24)29(36)19-35(28-12-8-11-27(32)22(28)4)40(38,39)26-15-13-20(2)14-16-26/h7-17,21,23H,6,18-19H2,1-5H3,(H,33,37)/t21-,23+/m1/s1. The monoisotopic (exact) mass is 647 g/mol. The zero-order valence-electron chi connectivity index (χ0n) is 23.3. The molecule has 0 bridgehead atoms. The number of nitrogens with one attached hydrogen (secondary N) is 1. The van der Waals surface area contributed by atoms with Gasteiger partial charge in [0.15, 0.2) is 0 Å². The second-order valence-corrected chi connectivity index (χ2v) is 13.0. The van der Waals surface area contributed by atoms with E-state index in [0.717, 1.165) is 26.3 Å². The predicted molar refractivity (Wildman–Crippen MR) is 164 cm³/mol. The Morgan fingerprint density at radius 1 is 1.00 bits per heavy atom. The van der Waals surface area contributed by atoms with Gasteiger partial charge in [-0.1, -0.05) is 70.3 Å². The molecule has 214 valence electrons. The molecule has 0 fully saturated rings. The summed E-state index contributed by atoms with van der Waals surface area (Å²) in [5.41, 5.74) is 2.51. The molecule has 3 aromatic rings. The molecular weight excluding hydrogens is 614 g/mol. The SMILES string of the molecule is CC[C@@H](C)NC(=O)[C@H](C)N(Cc1cccc(Br)c1)C(=O)CN(c1cccc(Cl)c1C)S(=O)(=O)c1ccc(C)cc1. The summed E-state index contributed by atoms with van der Waals surface area (Å²) in [6, 6.07) is 17.9. The van der Waals surface area contributed by atoms with E-state index in [-0.39, 0.29) is 23.4 Å². The third kappa shape index (κ3) is 7.65. The zero-order chi connectivity index (χ0) is 29.6.